The van der Waals surface area contributed by atoms with Crippen LogP contribution in [0, 0.1) is 6.92 Å². The predicted octanol–water partition coefficient (Wildman–Crippen LogP) is 6.14. The number of carbonyl (C=O) groups is 3. The van der Waals surface area contributed by atoms with Crippen LogP contribution in [0.4, 0.5) is 5.69 Å². The molecule has 2 aliphatic rings. The van der Waals surface area contributed by atoms with Crippen LogP contribution >= 0.6 is 0 Å². The lowest BCUT2D eigenvalue weighted by Crippen LogP contribution is -2.51. The maximum atomic E-state index is 13.8. The fourth-order valence-corrected chi connectivity index (χ4v) is 6.17. The molecule has 0 bridgehead atoms. The van der Waals surface area contributed by atoms with Gasteiger partial charge in [0.2, 0.25) is 11.8 Å². The average molecular weight is 526 g/mol. The molecule has 1 saturated carbocycles. The molecule has 1 heterocycles. The van der Waals surface area contributed by atoms with Crippen LogP contribution in [0.15, 0.2) is 60.7 Å². The van der Waals surface area contributed by atoms with Crippen molar-refractivity contribution >= 4 is 34.2 Å². The van der Waals surface area contributed by atoms with E-state index in [1.54, 1.807) is 9.80 Å². The molecule has 1 atom stereocenters. The van der Waals surface area contributed by atoms with Gasteiger partial charge in [-0.25, -0.2) is 0 Å². The van der Waals surface area contributed by atoms with Gasteiger partial charge in [0, 0.05) is 36.5 Å². The second-order valence-electron chi connectivity index (χ2n) is 11.0. The van der Waals surface area contributed by atoms with Crippen LogP contribution in [0.5, 0.6) is 0 Å². The summed E-state index contributed by atoms with van der Waals surface area (Å²) in [5.74, 6) is -0.112. The molecule has 3 aromatic rings. The van der Waals surface area contributed by atoms with E-state index in [2.05, 4.69) is 5.32 Å². The summed E-state index contributed by atoms with van der Waals surface area (Å²) in [5, 5.41) is 5.29. The Kier molecular flexibility index (Phi) is 8.30. The molecular formula is C33H39N3O3. The molecular weight excluding hydrogens is 486 g/mol. The van der Waals surface area contributed by atoms with Crippen molar-refractivity contribution in [3.63, 3.8) is 0 Å². The third kappa shape index (κ3) is 5.70. The number of anilines is 1. The normalized spacial score (nSPS) is 15.9. The zero-order valence-electron chi connectivity index (χ0n) is 23.1. The van der Waals surface area contributed by atoms with Gasteiger partial charge < -0.3 is 15.1 Å². The zero-order valence-corrected chi connectivity index (χ0v) is 23.1. The van der Waals surface area contributed by atoms with Crippen molar-refractivity contribution in [3.05, 3.63) is 77.4 Å². The van der Waals surface area contributed by atoms with Gasteiger partial charge in [-0.15, -0.1) is 0 Å². The van der Waals surface area contributed by atoms with Crippen molar-refractivity contribution in [3.8, 4) is 0 Å². The summed E-state index contributed by atoms with van der Waals surface area (Å²) in [5.41, 5.74) is 3.79. The molecule has 1 N–H and O–H groups in total. The van der Waals surface area contributed by atoms with Gasteiger partial charge >= 0.3 is 0 Å². The summed E-state index contributed by atoms with van der Waals surface area (Å²) in [4.78, 5) is 44.0. The largest absolute Gasteiger partial charge is 0.352 e. The first kappa shape index (κ1) is 26.9. The highest BCUT2D eigenvalue weighted by molar-refractivity contribution is 6.25. The van der Waals surface area contributed by atoms with E-state index in [1.165, 1.54) is 6.42 Å². The monoisotopic (exact) mass is 525 g/mol. The van der Waals surface area contributed by atoms with Crippen molar-refractivity contribution in [1.29, 1.82) is 0 Å². The van der Waals surface area contributed by atoms with Crippen LogP contribution in [0.25, 0.3) is 10.8 Å². The Balaban J connectivity index is 1.30. The maximum Gasteiger partial charge on any atom is 0.258 e. The molecule has 0 spiro atoms. The van der Waals surface area contributed by atoms with Gasteiger partial charge in [-0.3, -0.25) is 14.4 Å². The van der Waals surface area contributed by atoms with Gasteiger partial charge in [0.15, 0.2) is 0 Å². The van der Waals surface area contributed by atoms with E-state index in [1.807, 2.05) is 74.5 Å². The quantitative estimate of drug-likeness (QED) is 0.345. The van der Waals surface area contributed by atoms with E-state index in [9.17, 15) is 14.4 Å². The number of nitrogens with zero attached hydrogens (tertiary/aromatic N) is 2. The summed E-state index contributed by atoms with van der Waals surface area (Å²) >= 11 is 0. The first-order valence-electron chi connectivity index (χ1n) is 14.5. The van der Waals surface area contributed by atoms with Gasteiger partial charge in [0.25, 0.3) is 5.91 Å². The molecule has 6 nitrogen and oxygen atoms in total. The van der Waals surface area contributed by atoms with E-state index < -0.39 is 6.04 Å². The summed E-state index contributed by atoms with van der Waals surface area (Å²) in [6.07, 6.45) is 6.87. The van der Waals surface area contributed by atoms with Crippen molar-refractivity contribution in [2.24, 2.45) is 0 Å². The van der Waals surface area contributed by atoms with Crippen molar-refractivity contribution in [2.75, 3.05) is 11.4 Å². The minimum absolute atomic E-state index is 0.00990. The number of carbonyl (C=O) groups excluding carboxylic acids is 3. The molecule has 39 heavy (non-hydrogen) atoms. The minimum Gasteiger partial charge on any atom is -0.352 e. The van der Waals surface area contributed by atoms with Crippen molar-refractivity contribution in [2.45, 2.75) is 83.8 Å². The average Bonchev–Trinajstić information content (AvgIpc) is 3.22. The van der Waals surface area contributed by atoms with E-state index in [-0.39, 0.29) is 30.2 Å². The molecule has 0 aromatic heterocycles. The van der Waals surface area contributed by atoms with Crippen LogP contribution in [-0.4, -0.2) is 41.2 Å². The molecule has 5 rings (SSSR count). The Bertz CT molecular complexity index is 1360. The summed E-state index contributed by atoms with van der Waals surface area (Å²) in [7, 11) is 0. The first-order chi connectivity index (χ1) is 19.0. The van der Waals surface area contributed by atoms with Crippen LogP contribution < -0.4 is 10.2 Å². The van der Waals surface area contributed by atoms with E-state index in [0.29, 0.717) is 25.9 Å². The first-order valence-corrected chi connectivity index (χ1v) is 14.5. The van der Waals surface area contributed by atoms with Crippen molar-refractivity contribution < 1.29 is 14.4 Å². The molecule has 0 unspecified atom stereocenters. The fourth-order valence-electron chi connectivity index (χ4n) is 6.17. The Labute approximate surface area is 231 Å². The van der Waals surface area contributed by atoms with Crippen LogP contribution in [0.2, 0.25) is 0 Å². The molecule has 3 aromatic carbocycles. The lowest BCUT2D eigenvalue weighted by Gasteiger charge is -2.33. The lowest BCUT2D eigenvalue weighted by atomic mass is 9.95. The molecule has 0 radical (unpaired) electrons. The predicted molar refractivity (Wildman–Crippen MR) is 156 cm³/mol. The molecule has 3 amide bonds. The summed E-state index contributed by atoms with van der Waals surface area (Å²) in [6.45, 7) is 4.87. The summed E-state index contributed by atoms with van der Waals surface area (Å²) in [6, 6.07) is 19.5. The van der Waals surface area contributed by atoms with Crippen molar-refractivity contribution in [1.82, 2.24) is 10.2 Å². The second kappa shape index (κ2) is 12.0. The summed E-state index contributed by atoms with van der Waals surface area (Å²) < 4.78 is 0. The Morgan fingerprint density at radius 3 is 2.49 bits per heavy atom. The standard InChI is InChI=1S/C33H39N3O3/c1-3-28(32(38)34-26-16-5-4-6-17-26)36(22-25-13-8-7-12-23(25)2)30(37)20-11-21-35-29-19-10-15-24-14-9-18-27(31(24)29)33(35)39/h7-10,12-15,18-19,26,28H,3-6,11,16-17,20-22H2,1-2H3,(H,34,38)/t28-/m0/s1. The Hall–Kier alpha value is -3.67. The highest BCUT2D eigenvalue weighted by Crippen LogP contribution is 2.37. The number of hydrogen-bond donors (Lipinski definition) is 1. The third-order valence-electron chi connectivity index (χ3n) is 8.36. The smallest absolute Gasteiger partial charge is 0.258 e. The van der Waals surface area contributed by atoms with Gasteiger partial charge in [-0.2, -0.15) is 0 Å². The number of aryl methyl sites for hydroxylation is 1. The van der Waals surface area contributed by atoms with Crippen LogP contribution in [0.1, 0.15) is 79.8 Å². The molecule has 1 fully saturated rings. The molecule has 0 saturated heterocycles. The number of benzene rings is 3. The van der Waals surface area contributed by atoms with Crippen LogP contribution in [-0.2, 0) is 16.1 Å². The number of rotatable bonds is 10. The molecule has 204 valence electrons. The SMILES string of the molecule is CC[C@@H](C(=O)NC1CCCCC1)N(Cc1ccccc1C)C(=O)CCCN1C(=O)c2cccc3cccc1c23. The lowest BCUT2D eigenvalue weighted by molar-refractivity contribution is -0.141. The van der Waals surface area contributed by atoms with E-state index in [4.69, 9.17) is 0 Å². The topological polar surface area (TPSA) is 69.7 Å². The highest BCUT2D eigenvalue weighted by Gasteiger charge is 2.32. The Morgan fingerprint density at radius 2 is 1.74 bits per heavy atom. The van der Waals surface area contributed by atoms with E-state index >= 15 is 0 Å². The minimum atomic E-state index is -0.523. The van der Waals surface area contributed by atoms with Crippen LogP contribution in [0.3, 0.4) is 0 Å². The zero-order chi connectivity index (χ0) is 27.4. The maximum absolute atomic E-state index is 13.8. The molecule has 6 heteroatoms. The number of amides is 3. The van der Waals surface area contributed by atoms with Gasteiger partial charge in [-0.1, -0.05) is 74.7 Å². The van der Waals surface area contributed by atoms with Gasteiger partial charge in [0.05, 0.1) is 5.69 Å². The number of hydrogen-bond acceptors (Lipinski definition) is 3. The van der Waals surface area contributed by atoms with E-state index in [0.717, 1.165) is 58.8 Å². The second-order valence-corrected chi connectivity index (χ2v) is 11.0. The number of nitrogens with one attached hydrogen (secondary N) is 1. The third-order valence-corrected chi connectivity index (χ3v) is 8.36. The molecule has 1 aliphatic carbocycles. The van der Waals surface area contributed by atoms with Gasteiger partial charge in [-0.05, 0) is 61.3 Å². The highest BCUT2D eigenvalue weighted by atomic mass is 16.2. The molecule has 1 aliphatic heterocycles. The Morgan fingerprint density at radius 1 is 1.00 bits per heavy atom. The fraction of sp³-hybridized carbons (Fsp3) is 0.424. The van der Waals surface area contributed by atoms with Gasteiger partial charge in [0.1, 0.15) is 6.04 Å².